The molecule has 1 saturated heterocycles. The average molecular weight is 602 g/mol. The maximum Gasteiger partial charge on any atom is 0.342 e. The van der Waals surface area contributed by atoms with Crippen molar-refractivity contribution >= 4 is 41.2 Å². The minimum atomic E-state index is -4.06. The van der Waals surface area contributed by atoms with E-state index in [9.17, 15) is 8.42 Å². The van der Waals surface area contributed by atoms with Gasteiger partial charge in [-0.3, -0.25) is 0 Å². The molecule has 1 aliphatic heterocycles. The summed E-state index contributed by atoms with van der Waals surface area (Å²) in [5.74, 6) is 0.201. The van der Waals surface area contributed by atoms with Crippen LogP contribution in [0.2, 0.25) is 26.2 Å². The normalized spacial score (nSPS) is 20.7. The Morgan fingerprint density at radius 2 is 1.32 bits per heavy atom. The highest BCUT2D eigenvalue weighted by Gasteiger charge is 2.76. The number of rotatable bonds is 7. The van der Waals surface area contributed by atoms with Crippen LogP contribution in [0.25, 0.3) is 0 Å². The molecule has 1 atom stereocenters. The molecule has 38 heavy (non-hydrogen) atoms. The van der Waals surface area contributed by atoms with Gasteiger partial charge in [-0.1, -0.05) is 113 Å². The van der Waals surface area contributed by atoms with Crippen LogP contribution in [0.1, 0.15) is 102 Å². The number of hydrogen-bond donors (Lipinski definition) is 0. The zero-order chi connectivity index (χ0) is 29.8. The number of ether oxygens (including phenoxy) is 1. The molecular formula is C29H52ClNO4SSi2. The lowest BCUT2D eigenvalue weighted by molar-refractivity contribution is 0.0159. The Kier molecular flexibility index (Phi) is 9.09. The molecule has 5 nitrogen and oxygen atoms in total. The molecule has 1 fully saturated rings. The summed E-state index contributed by atoms with van der Waals surface area (Å²) >= 11 is 0. The highest BCUT2D eigenvalue weighted by atomic mass is 35.7. The number of nitrogens with zero attached hydrogens (tertiary/aromatic N) is 1. The Morgan fingerprint density at radius 1 is 0.868 bits per heavy atom. The zero-order valence-electron chi connectivity index (χ0n) is 26.2. The largest absolute Gasteiger partial charge is 0.476 e. The van der Waals surface area contributed by atoms with Gasteiger partial charge in [-0.05, 0) is 45.6 Å². The molecule has 1 heterocycles. The Balaban J connectivity index is 2.90. The van der Waals surface area contributed by atoms with Crippen molar-refractivity contribution in [3.05, 3.63) is 35.9 Å². The molecule has 1 aromatic carbocycles. The van der Waals surface area contributed by atoms with Gasteiger partial charge in [0.15, 0.2) is 7.83 Å². The van der Waals surface area contributed by atoms with Gasteiger partial charge in [-0.2, -0.15) is 8.42 Å². The standard InChI is InChI=1S/C29H52ClNO4SSi2/c1-25(2,3)37(26(4,5)6,21-23-29(13,14)24(35-23)31-36(30,32)33)38(27(7,8)9,28(10,11)12)34-20-22-18-16-15-17-19-22/h15-19,23H,20-21H2,1-14H3/b31-24+. The lowest BCUT2D eigenvalue weighted by Crippen LogP contribution is -2.81. The van der Waals surface area contributed by atoms with Crippen LogP contribution >= 0.6 is 10.7 Å². The van der Waals surface area contributed by atoms with E-state index in [1.807, 2.05) is 19.9 Å². The monoisotopic (exact) mass is 601 g/mol. The van der Waals surface area contributed by atoms with Crippen LogP contribution in [-0.4, -0.2) is 35.8 Å². The molecule has 1 aliphatic rings. The lowest BCUT2D eigenvalue weighted by Gasteiger charge is -2.70. The van der Waals surface area contributed by atoms with Crippen molar-refractivity contribution in [3.63, 3.8) is 0 Å². The predicted octanol–water partition coefficient (Wildman–Crippen LogP) is 9.18. The van der Waals surface area contributed by atoms with Crippen LogP contribution < -0.4 is 0 Å². The van der Waals surface area contributed by atoms with E-state index in [0.717, 1.165) is 6.04 Å². The van der Waals surface area contributed by atoms with Crippen molar-refractivity contribution in [1.29, 1.82) is 0 Å². The van der Waals surface area contributed by atoms with Crippen LogP contribution in [0, 0.1) is 5.41 Å². The maximum atomic E-state index is 11.8. The minimum Gasteiger partial charge on any atom is -0.476 e. The van der Waals surface area contributed by atoms with Gasteiger partial charge < -0.3 is 9.16 Å². The topological polar surface area (TPSA) is 65.0 Å². The third-order valence-corrected chi connectivity index (χ3v) is 35.2. The van der Waals surface area contributed by atoms with E-state index in [-0.39, 0.29) is 32.2 Å². The fourth-order valence-corrected chi connectivity index (χ4v) is 38.4. The summed E-state index contributed by atoms with van der Waals surface area (Å²) in [5.41, 5.74) is 0.636. The maximum absolute atomic E-state index is 11.8. The van der Waals surface area contributed by atoms with Gasteiger partial charge >= 0.3 is 9.24 Å². The summed E-state index contributed by atoms with van der Waals surface area (Å²) in [5, 5.41) is -0.257. The third kappa shape index (κ3) is 5.85. The molecular weight excluding hydrogens is 550 g/mol. The quantitative estimate of drug-likeness (QED) is 0.231. The summed E-state index contributed by atoms with van der Waals surface area (Å²) in [7, 11) is -3.87. The van der Waals surface area contributed by atoms with Gasteiger partial charge in [0.25, 0.3) is 0 Å². The first-order chi connectivity index (χ1) is 16.7. The molecule has 2 rings (SSSR count). The minimum absolute atomic E-state index is 0.0420. The fraction of sp³-hybridized carbons (Fsp3) is 0.759. The Hall–Kier alpha value is -0.676. The van der Waals surface area contributed by atoms with Gasteiger partial charge in [0.1, 0.15) is 6.10 Å². The number of benzene rings is 1. The number of hydrogen-bond acceptors (Lipinski definition) is 4. The molecule has 0 amide bonds. The first kappa shape index (κ1) is 33.5. The lowest BCUT2D eigenvalue weighted by atomic mass is 9.82. The van der Waals surface area contributed by atoms with E-state index in [1.54, 1.807) is 0 Å². The van der Waals surface area contributed by atoms with Gasteiger partial charge in [0.2, 0.25) is 5.90 Å². The Labute approximate surface area is 239 Å². The van der Waals surface area contributed by atoms with E-state index < -0.39 is 30.1 Å². The average Bonchev–Trinajstić information content (AvgIpc) is 2.67. The molecule has 1 aromatic rings. The van der Waals surface area contributed by atoms with Gasteiger partial charge in [-0.25, -0.2) is 0 Å². The van der Waals surface area contributed by atoms with Crippen molar-refractivity contribution in [2.24, 2.45) is 9.81 Å². The smallest absolute Gasteiger partial charge is 0.342 e. The van der Waals surface area contributed by atoms with Crippen molar-refractivity contribution in [3.8, 4) is 0 Å². The molecule has 0 N–H and O–H groups in total. The van der Waals surface area contributed by atoms with Gasteiger partial charge in [0, 0.05) is 10.7 Å². The van der Waals surface area contributed by atoms with Crippen LogP contribution in [0.15, 0.2) is 34.7 Å². The van der Waals surface area contributed by atoms with E-state index in [4.69, 9.17) is 19.8 Å². The zero-order valence-corrected chi connectivity index (χ0v) is 29.8. The van der Waals surface area contributed by atoms with E-state index in [1.165, 1.54) is 5.56 Å². The van der Waals surface area contributed by atoms with Gasteiger partial charge in [0.05, 0.1) is 19.6 Å². The third-order valence-electron chi connectivity index (χ3n) is 8.87. The molecule has 0 aliphatic carbocycles. The van der Waals surface area contributed by atoms with Crippen molar-refractivity contribution in [2.45, 2.75) is 136 Å². The summed E-state index contributed by atoms with van der Waals surface area (Å²) in [4.78, 5) is 0. The molecule has 0 saturated carbocycles. The highest BCUT2D eigenvalue weighted by Crippen LogP contribution is 2.70. The number of halogens is 1. The van der Waals surface area contributed by atoms with E-state index in [2.05, 4.69) is 112 Å². The van der Waals surface area contributed by atoms with Crippen molar-refractivity contribution in [2.75, 3.05) is 0 Å². The summed E-state index contributed by atoms with van der Waals surface area (Å²) in [6.07, 6.45) is -0.179. The van der Waals surface area contributed by atoms with Crippen LogP contribution in [-0.2, 0) is 25.0 Å². The van der Waals surface area contributed by atoms with E-state index in [0.29, 0.717) is 6.61 Å². The molecule has 0 radical (unpaired) electrons. The Bertz CT molecular complexity index is 1090. The molecule has 218 valence electrons. The van der Waals surface area contributed by atoms with Crippen LogP contribution in [0.5, 0.6) is 0 Å². The van der Waals surface area contributed by atoms with Gasteiger partial charge in [-0.15, -0.1) is 4.40 Å². The molecule has 9 heteroatoms. The SMILES string of the molecule is CC1(C)/C(=N\S(=O)(=O)Cl)OC1C[Si](C(C)(C)C)(C(C)(C)C)[Si](OCc1ccccc1)(C(C)(C)C)C(C)(C)C. The summed E-state index contributed by atoms with van der Waals surface area (Å²) < 4.78 is 41.1. The molecule has 1 unspecified atom stereocenters. The van der Waals surface area contributed by atoms with Crippen molar-refractivity contribution in [1.82, 2.24) is 0 Å². The first-order valence-corrected chi connectivity index (χ1v) is 21.0. The second-order valence-corrected chi connectivity index (χ2v) is 32.4. The van der Waals surface area contributed by atoms with Crippen LogP contribution in [0.4, 0.5) is 0 Å². The second-order valence-electron chi connectivity index (χ2n) is 15.7. The molecule has 0 aromatic heterocycles. The summed E-state index contributed by atoms with van der Waals surface area (Å²) in [6.45, 7) is 33.3. The highest BCUT2D eigenvalue weighted by molar-refractivity contribution is 8.12. The summed E-state index contributed by atoms with van der Waals surface area (Å²) in [6, 6.07) is 11.3. The van der Waals surface area contributed by atoms with E-state index >= 15 is 0 Å². The predicted molar refractivity (Wildman–Crippen MR) is 167 cm³/mol. The first-order valence-electron chi connectivity index (χ1n) is 13.6. The van der Waals surface area contributed by atoms with Crippen LogP contribution in [0.3, 0.4) is 0 Å². The fourth-order valence-electron chi connectivity index (χ4n) is 7.99. The Morgan fingerprint density at radius 3 is 1.66 bits per heavy atom. The molecule has 0 spiro atoms. The van der Waals surface area contributed by atoms with Crippen molar-refractivity contribution < 1.29 is 17.6 Å². The molecule has 0 bridgehead atoms. The second kappa shape index (κ2) is 10.3.